The maximum absolute atomic E-state index is 11.8. The van der Waals surface area contributed by atoms with Crippen molar-refractivity contribution in [1.29, 1.82) is 0 Å². The summed E-state index contributed by atoms with van der Waals surface area (Å²) in [5, 5.41) is 0. The summed E-state index contributed by atoms with van der Waals surface area (Å²) in [5.41, 5.74) is -0.413. The van der Waals surface area contributed by atoms with Crippen LogP contribution in [-0.4, -0.2) is 42.4 Å². The monoisotopic (exact) mass is 243 g/mol. The summed E-state index contributed by atoms with van der Waals surface area (Å²) in [7, 11) is 0. The van der Waals surface area contributed by atoms with Gasteiger partial charge in [-0.2, -0.15) is 0 Å². The van der Waals surface area contributed by atoms with E-state index in [9.17, 15) is 4.79 Å². The fourth-order valence-corrected chi connectivity index (χ4v) is 1.79. The summed E-state index contributed by atoms with van der Waals surface area (Å²) in [5.74, 6) is 0.449. The zero-order chi connectivity index (χ0) is 13.1. The molecular weight excluding hydrogens is 218 g/mol. The Balaban J connectivity index is 2.32. The minimum Gasteiger partial charge on any atom is -0.444 e. The highest BCUT2D eigenvalue weighted by Gasteiger charge is 2.29. The van der Waals surface area contributed by atoms with Gasteiger partial charge in [-0.05, 0) is 41.0 Å². The molecule has 0 aliphatic carbocycles. The minimum atomic E-state index is -0.413. The lowest BCUT2D eigenvalue weighted by Gasteiger charge is -2.24. The van der Waals surface area contributed by atoms with Crippen LogP contribution in [-0.2, 0) is 9.47 Å². The Morgan fingerprint density at radius 1 is 1.41 bits per heavy atom. The fraction of sp³-hybridized carbons (Fsp3) is 0.923. The van der Waals surface area contributed by atoms with Gasteiger partial charge in [0, 0.05) is 19.0 Å². The van der Waals surface area contributed by atoms with E-state index in [1.165, 1.54) is 0 Å². The highest BCUT2D eigenvalue weighted by Crippen LogP contribution is 2.20. The molecule has 1 heterocycles. The molecule has 4 heteroatoms. The molecule has 100 valence electrons. The number of carbonyl (C=O) groups is 1. The highest BCUT2D eigenvalue weighted by molar-refractivity contribution is 5.68. The standard InChI is InChI=1S/C13H25NO3/c1-10(2)16-9-11-6-7-14(8-11)12(15)17-13(3,4)5/h10-11H,6-9H2,1-5H3/t11-/m0/s1. The predicted molar refractivity (Wildman–Crippen MR) is 67.0 cm³/mol. The third-order valence-corrected chi connectivity index (χ3v) is 2.60. The van der Waals surface area contributed by atoms with Gasteiger partial charge in [0.1, 0.15) is 5.60 Å². The minimum absolute atomic E-state index is 0.204. The van der Waals surface area contributed by atoms with Crippen molar-refractivity contribution in [2.45, 2.75) is 52.7 Å². The first-order valence-corrected chi connectivity index (χ1v) is 6.37. The van der Waals surface area contributed by atoms with Gasteiger partial charge in [0.25, 0.3) is 0 Å². The molecule has 1 aliphatic rings. The van der Waals surface area contributed by atoms with Crippen molar-refractivity contribution >= 4 is 6.09 Å². The van der Waals surface area contributed by atoms with Crippen molar-refractivity contribution in [2.75, 3.05) is 19.7 Å². The van der Waals surface area contributed by atoms with E-state index in [1.54, 1.807) is 4.90 Å². The number of hydrogen-bond donors (Lipinski definition) is 0. The average molecular weight is 243 g/mol. The first-order valence-electron chi connectivity index (χ1n) is 6.37. The lowest BCUT2D eigenvalue weighted by atomic mass is 10.1. The molecule has 1 fully saturated rings. The van der Waals surface area contributed by atoms with Crippen molar-refractivity contribution in [3.8, 4) is 0 Å². The number of carbonyl (C=O) groups excluding carboxylic acids is 1. The second-order valence-electron chi connectivity index (χ2n) is 5.96. The summed E-state index contributed by atoms with van der Waals surface area (Å²) >= 11 is 0. The Labute approximate surface area is 104 Å². The molecule has 1 rings (SSSR count). The van der Waals surface area contributed by atoms with Gasteiger partial charge in [-0.15, -0.1) is 0 Å². The Bertz CT molecular complexity index is 258. The van der Waals surface area contributed by atoms with E-state index < -0.39 is 5.60 Å². The van der Waals surface area contributed by atoms with Crippen LogP contribution in [0.25, 0.3) is 0 Å². The van der Waals surface area contributed by atoms with Gasteiger partial charge in [-0.1, -0.05) is 0 Å². The summed E-state index contributed by atoms with van der Waals surface area (Å²) < 4.78 is 10.9. The van der Waals surface area contributed by atoms with E-state index in [1.807, 2.05) is 34.6 Å². The fourth-order valence-electron chi connectivity index (χ4n) is 1.79. The average Bonchev–Trinajstić information content (AvgIpc) is 2.60. The maximum Gasteiger partial charge on any atom is 0.410 e. The van der Waals surface area contributed by atoms with Gasteiger partial charge < -0.3 is 14.4 Å². The molecular formula is C13H25NO3. The van der Waals surface area contributed by atoms with Crippen LogP contribution in [0.3, 0.4) is 0 Å². The Kier molecular flexibility index (Phi) is 4.80. The number of likely N-dealkylation sites (tertiary alicyclic amines) is 1. The van der Waals surface area contributed by atoms with Gasteiger partial charge in [0.05, 0.1) is 12.7 Å². The summed E-state index contributed by atoms with van der Waals surface area (Å²) in [6.07, 6.45) is 1.06. The third-order valence-electron chi connectivity index (χ3n) is 2.60. The van der Waals surface area contributed by atoms with Crippen LogP contribution in [0.5, 0.6) is 0 Å². The molecule has 0 aromatic heterocycles. The van der Waals surface area contributed by atoms with E-state index in [2.05, 4.69) is 0 Å². The molecule has 0 N–H and O–H groups in total. The van der Waals surface area contributed by atoms with E-state index in [0.717, 1.165) is 26.1 Å². The van der Waals surface area contributed by atoms with E-state index >= 15 is 0 Å². The second kappa shape index (κ2) is 5.71. The molecule has 1 saturated heterocycles. The van der Waals surface area contributed by atoms with Crippen molar-refractivity contribution in [1.82, 2.24) is 4.90 Å². The molecule has 0 aromatic rings. The van der Waals surface area contributed by atoms with Crippen LogP contribution in [0.15, 0.2) is 0 Å². The number of ether oxygens (including phenoxy) is 2. The molecule has 0 spiro atoms. The quantitative estimate of drug-likeness (QED) is 0.765. The number of rotatable bonds is 3. The first-order chi connectivity index (χ1) is 7.78. The van der Waals surface area contributed by atoms with Crippen molar-refractivity contribution in [3.05, 3.63) is 0 Å². The molecule has 0 radical (unpaired) electrons. The Morgan fingerprint density at radius 3 is 2.59 bits per heavy atom. The van der Waals surface area contributed by atoms with Crippen LogP contribution in [0, 0.1) is 5.92 Å². The molecule has 0 saturated carbocycles. The molecule has 0 bridgehead atoms. The molecule has 1 amide bonds. The first kappa shape index (κ1) is 14.3. The van der Waals surface area contributed by atoms with Crippen molar-refractivity contribution in [3.63, 3.8) is 0 Å². The summed E-state index contributed by atoms with van der Waals surface area (Å²) in [4.78, 5) is 13.6. The number of nitrogens with zero attached hydrogens (tertiary/aromatic N) is 1. The molecule has 4 nitrogen and oxygen atoms in total. The number of amides is 1. The molecule has 0 aromatic carbocycles. The maximum atomic E-state index is 11.8. The van der Waals surface area contributed by atoms with Crippen LogP contribution >= 0.6 is 0 Å². The zero-order valence-corrected chi connectivity index (χ0v) is 11.7. The molecule has 1 atom stereocenters. The van der Waals surface area contributed by atoms with Crippen LogP contribution in [0.1, 0.15) is 41.0 Å². The summed E-state index contributed by atoms with van der Waals surface area (Å²) in [6.45, 7) is 12.0. The largest absolute Gasteiger partial charge is 0.444 e. The normalized spacial score (nSPS) is 21.1. The molecule has 0 unspecified atom stereocenters. The van der Waals surface area contributed by atoms with E-state index in [4.69, 9.17) is 9.47 Å². The van der Waals surface area contributed by atoms with E-state index in [-0.39, 0.29) is 12.2 Å². The van der Waals surface area contributed by atoms with Gasteiger partial charge in [0.2, 0.25) is 0 Å². The lowest BCUT2D eigenvalue weighted by molar-refractivity contribution is 0.0253. The molecule has 17 heavy (non-hydrogen) atoms. The van der Waals surface area contributed by atoms with Crippen LogP contribution in [0.4, 0.5) is 4.79 Å². The summed E-state index contributed by atoms with van der Waals surface area (Å²) in [6, 6.07) is 0. The second-order valence-corrected chi connectivity index (χ2v) is 5.96. The SMILES string of the molecule is CC(C)OC[C@H]1CCN(C(=O)OC(C)(C)C)C1. The highest BCUT2D eigenvalue weighted by atomic mass is 16.6. The van der Waals surface area contributed by atoms with Crippen molar-refractivity contribution in [2.24, 2.45) is 5.92 Å². The van der Waals surface area contributed by atoms with Gasteiger partial charge in [-0.3, -0.25) is 0 Å². The number of hydrogen-bond acceptors (Lipinski definition) is 3. The third kappa shape index (κ3) is 5.39. The van der Waals surface area contributed by atoms with Gasteiger partial charge >= 0.3 is 6.09 Å². The Morgan fingerprint density at radius 2 is 2.06 bits per heavy atom. The van der Waals surface area contributed by atoms with Crippen LogP contribution in [0.2, 0.25) is 0 Å². The predicted octanol–water partition coefficient (Wildman–Crippen LogP) is 2.67. The lowest BCUT2D eigenvalue weighted by Crippen LogP contribution is -2.35. The molecule has 1 aliphatic heterocycles. The van der Waals surface area contributed by atoms with Gasteiger partial charge in [0.15, 0.2) is 0 Å². The van der Waals surface area contributed by atoms with E-state index in [0.29, 0.717) is 5.92 Å². The zero-order valence-electron chi connectivity index (χ0n) is 11.7. The van der Waals surface area contributed by atoms with Crippen molar-refractivity contribution < 1.29 is 14.3 Å². The smallest absolute Gasteiger partial charge is 0.410 e. The topological polar surface area (TPSA) is 38.8 Å². The Hall–Kier alpha value is -0.770. The van der Waals surface area contributed by atoms with Crippen LogP contribution < -0.4 is 0 Å². The van der Waals surface area contributed by atoms with Gasteiger partial charge in [-0.25, -0.2) is 4.79 Å².